The molecule has 6 nitrogen and oxygen atoms in total. The minimum Gasteiger partial charge on any atom is -0.496 e. The van der Waals surface area contributed by atoms with E-state index < -0.39 is 0 Å². The Labute approximate surface area is 171 Å². The number of hydrogen-bond acceptors (Lipinski definition) is 4. The highest BCUT2D eigenvalue weighted by Gasteiger charge is 2.26. The van der Waals surface area contributed by atoms with Crippen molar-refractivity contribution in [3.05, 3.63) is 53.1 Å². The topological polar surface area (TPSA) is 71.1 Å². The third-order valence-electron chi connectivity index (χ3n) is 5.94. The molecule has 0 unspecified atom stereocenters. The smallest absolute Gasteiger partial charge is 0.222 e. The summed E-state index contributed by atoms with van der Waals surface area (Å²) in [5.41, 5.74) is 5.34. The number of ether oxygens (including phenoxy) is 1. The molecule has 6 heteroatoms. The average Bonchev–Trinajstić information content (AvgIpc) is 3.15. The highest BCUT2D eigenvalue weighted by Crippen LogP contribution is 2.33. The SMILES string of the molecule is COc1ccccc1CCC(=O)N1CCC(c2cnc(C)c3nc(C)[nH]c23)CC1. The molecule has 3 heterocycles. The molecular weight excluding hydrogens is 364 g/mol. The summed E-state index contributed by atoms with van der Waals surface area (Å²) in [6, 6.07) is 7.91. The third kappa shape index (κ3) is 3.97. The number of nitrogens with one attached hydrogen (secondary N) is 1. The van der Waals surface area contributed by atoms with Gasteiger partial charge in [-0.2, -0.15) is 0 Å². The van der Waals surface area contributed by atoms with Gasteiger partial charge in [0.1, 0.15) is 17.1 Å². The van der Waals surface area contributed by atoms with E-state index in [0.29, 0.717) is 18.8 Å². The van der Waals surface area contributed by atoms with Crippen LogP contribution in [0.3, 0.4) is 0 Å². The largest absolute Gasteiger partial charge is 0.496 e. The van der Waals surface area contributed by atoms with Gasteiger partial charge in [0.25, 0.3) is 0 Å². The summed E-state index contributed by atoms with van der Waals surface area (Å²) in [6.07, 6.45) is 5.12. The van der Waals surface area contributed by atoms with Crippen LogP contribution in [0.25, 0.3) is 11.0 Å². The lowest BCUT2D eigenvalue weighted by atomic mass is 9.89. The van der Waals surface area contributed by atoms with Crippen LogP contribution in [0.2, 0.25) is 0 Å². The van der Waals surface area contributed by atoms with Crippen molar-refractivity contribution in [2.45, 2.75) is 45.4 Å². The molecule has 3 aromatic rings. The van der Waals surface area contributed by atoms with Crippen LogP contribution in [0, 0.1) is 13.8 Å². The standard InChI is InChI=1S/C23H28N4O2/c1-15-22-23(26-16(2)25-22)19(14-24-15)17-10-12-27(13-11-17)21(28)9-8-18-6-4-5-7-20(18)29-3/h4-7,14,17H,8-13H2,1-3H3,(H,25,26). The minimum atomic E-state index is 0.221. The molecule has 0 atom stereocenters. The Morgan fingerprint density at radius 1 is 1.24 bits per heavy atom. The number of aryl methyl sites for hydroxylation is 3. The number of methoxy groups -OCH3 is 1. The fourth-order valence-electron chi connectivity index (χ4n) is 4.31. The zero-order valence-corrected chi connectivity index (χ0v) is 17.4. The van der Waals surface area contributed by atoms with E-state index in [1.807, 2.05) is 49.2 Å². The van der Waals surface area contributed by atoms with Gasteiger partial charge in [-0.25, -0.2) is 4.98 Å². The molecule has 1 aromatic carbocycles. The van der Waals surface area contributed by atoms with Gasteiger partial charge in [0.2, 0.25) is 5.91 Å². The first-order valence-corrected chi connectivity index (χ1v) is 10.3. The number of hydrogen-bond donors (Lipinski definition) is 1. The van der Waals surface area contributed by atoms with Gasteiger partial charge < -0.3 is 14.6 Å². The summed E-state index contributed by atoms with van der Waals surface area (Å²) in [6.45, 7) is 5.55. The van der Waals surface area contributed by atoms with Gasteiger partial charge in [0.15, 0.2) is 0 Å². The van der Waals surface area contributed by atoms with Crippen molar-refractivity contribution in [3.8, 4) is 5.75 Å². The molecule has 1 aliphatic heterocycles. The number of carbonyl (C=O) groups excluding carboxylic acids is 1. The van der Waals surface area contributed by atoms with Crippen molar-refractivity contribution >= 4 is 16.9 Å². The molecular formula is C23H28N4O2. The Kier molecular flexibility index (Phi) is 5.51. The molecule has 152 valence electrons. The highest BCUT2D eigenvalue weighted by molar-refractivity contribution is 5.81. The maximum Gasteiger partial charge on any atom is 0.222 e. The van der Waals surface area contributed by atoms with Crippen molar-refractivity contribution in [2.24, 2.45) is 0 Å². The number of aromatic nitrogens is 3. The van der Waals surface area contributed by atoms with Crippen molar-refractivity contribution < 1.29 is 9.53 Å². The summed E-state index contributed by atoms with van der Waals surface area (Å²) in [5.74, 6) is 2.40. The molecule has 0 spiro atoms. The van der Waals surface area contributed by atoms with Crippen LogP contribution in [0.4, 0.5) is 0 Å². The lowest BCUT2D eigenvalue weighted by Crippen LogP contribution is -2.38. The first-order chi connectivity index (χ1) is 14.1. The van der Waals surface area contributed by atoms with E-state index >= 15 is 0 Å². The van der Waals surface area contributed by atoms with E-state index in [-0.39, 0.29) is 5.91 Å². The zero-order chi connectivity index (χ0) is 20.4. The Bertz CT molecular complexity index is 1020. The van der Waals surface area contributed by atoms with Gasteiger partial charge in [-0.05, 0) is 56.2 Å². The first kappa shape index (κ1) is 19.4. The third-order valence-corrected chi connectivity index (χ3v) is 5.94. The number of amides is 1. The van der Waals surface area contributed by atoms with Crippen LogP contribution in [0.15, 0.2) is 30.5 Å². The van der Waals surface area contributed by atoms with E-state index in [9.17, 15) is 4.79 Å². The van der Waals surface area contributed by atoms with Crippen LogP contribution in [-0.4, -0.2) is 46.0 Å². The zero-order valence-electron chi connectivity index (χ0n) is 17.4. The number of nitrogens with zero attached hydrogens (tertiary/aromatic N) is 3. The lowest BCUT2D eigenvalue weighted by Gasteiger charge is -2.32. The van der Waals surface area contributed by atoms with Crippen LogP contribution in [-0.2, 0) is 11.2 Å². The van der Waals surface area contributed by atoms with Crippen LogP contribution in [0.1, 0.15) is 47.8 Å². The lowest BCUT2D eigenvalue weighted by molar-refractivity contribution is -0.132. The van der Waals surface area contributed by atoms with Gasteiger partial charge in [-0.15, -0.1) is 0 Å². The summed E-state index contributed by atoms with van der Waals surface area (Å²) in [4.78, 5) is 27.3. The van der Waals surface area contributed by atoms with E-state index in [2.05, 4.69) is 15.0 Å². The second-order valence-electron chi connectivity index (χ2n) is 7.81. The number of likely N-dealkylation sites (tertiary alicyclic amines) is 1. The number of H-pyrrole nitrogens is 1. The molecule has 1 fully saturated rings. The van der Waals surface area contributed by atoms with Crippen molar-refractivity contribution in [1.29, 1.82) is 0 Å². The number of pyridine rings is 1. The van der Waals surface area contributed by atoms with Gasteiger partial charge >= 0.3 is 0 Å². The van der Waals surface area contributed by atoms with Gasteiger partial charge in [0.05, 0.1) is 18.3 Å². The van der Waals surface area contributed by atoms with Crippen LogP contribution < -0.4 is 4.74 Å². The number of rotatable bonds is 5. The van der Waals surface area contributed by atoms with E-state index in [0.717, 1.165) is 59.8 Å². The molecule has 2 aromatic heterocycles. The molecule has 0 saturated carbocycles. The summed E-state index contributed by atoms with van der Waals surface area (Å²) in [7, 11) is 1.67. The molecule has 1 amide bonds. The Hall–Kier alpha value is -2.89. The number of fused-ring (bicyclic) bond motifs is 1. The Morgan fingerprint density at radius 3 is 2.76 bits per heavy atom. The molecule has 29 heavy (non-hydrogen) atoms. The molecule has 0 bridgehead atoms. The number of piperidine rings is 1. The predicted molar refractivity (Wildman–Crippen MR) is 113 cm³/mol. The number of benzene rings is 1. The monoisotopic (exact) mass is 392 g/mol. The van der Waals surface area contributed by atoms with Crippen LogP contribution in [0.5, 0.6) is 5.75 Å². The maximum absolute atomic E-state index is 12.7. The van der Waals surface area contributed by atoms with E-state index in [1.54, 1.807) is 7.11 Å². The van der Waals surface area contributed by atoms with E-state index in [1.165, 1.54) is 5.56 Å². The van der Waals surface area contributed by atoms with Crippen LogP contribution >= 0.6 is 0 Å². The molecule has 1 saturated heterocycles. The summed E-state index contributed by atoms with van der Waals surface area (Å²) in [5, 5.41) is 0. The number of aromatic amines is 1. The number of imidazole rings is 1. The number of carbonyl (C=O) groups is 1. The Balaban J connectivity index is 1.38. The van der Waals surface area contributed by atoms with Gasteiger partial charge in [-0.3, -0.25) is 9.78 Å². The van der Waals surface area contributed by atoms with Crippen molar-refractivity contribution in [3.63, 3.8) is 0 Å². The predicted octanol–water partition coefficient (Wildman–Crippen LogP) is 3.92. The maximum atomic E-state index is 12.7. The fourth-order valence-corrected chi connectivity index (χ4v) is 4.31. The summed E-state index contributed by atoms with van der Waals surface area (Å²) < 4.78 is 5.39. The fraction of sp³-hybridized carbons (Fsp3) is 0.435. The highest BCUT2D eigenvalue weighted by atomic mass is 16.5. The molecule has 1 N–H and O–H groups in total. The van der Waals surface area contributed by atoms with Gasteiger partial charge in [0, 0.05) is 25.7 Å². The molecule has 4 rings (SSSR count). The molecule has 0 aliphatic carbocycles. The van der Waals surface area contributed by atoms with Crippen molar-refractivity contribution in [2.75, 3.05) is 20.2 Å². The molecule has 0 radical (unpaired) electrons. The molecule has 1 aliphatic rings. The normalized spacial score (nSPS) is 15.1. The van der Waals surface area contributed by atoms with Crippen molar-refractivity contribution in [1.82, 2.24) is 19.9 Å². The summed E-state index contributed by atoms with van der Waals surface area (Å²) >= 11 is 0. The first-order valence-electron chi connectivity index (χ1n) is 10.3. The minimum absolute atomic E-state index is 0.221. The van der Waals surface area contributed by atoms with E-state index in [4.69, 9.17) is 4.74 Å². The Morgan fingerprint density at radius 2 is 2.00 bits per heavy atom. The second-order valence-corrected chi connectivity index (χ2v) is 7.81. The second kappa shape index (κ2) is 8.23. The van der Waals surface area contributed by atoms with Gasteiger partial charge in [-0.1, -0.05) is 18.2 Å². The number of para-hydroxylation sites is 1. The average molecular weight is 393 g/mol. The quantitative estimate of drug-likeness (QED) is 0.714.